The van der Waals surface area contributed by atoms with E-state index in [0.717, 1.165) is 25.7 Å². The van der Waals surface area contributed by atoms with Crippen LogP contribution in [0, 0.1) is 11.3 Å². The summed E-state index contributed by atoms with van der Waals surface area (Å²) in [5, 5.41) is 5.17. The number of carbonyl (C=O) groups is 4. The van der Waals surface area contributed by atoms with Crippen molar-refractivity contribution in [1.82, 2.24) is 10.6 Å². The molecule has 8 heteroatoms. The first-order valence-corrected chi connectivity index (χ1v) is 10.0. The van der Waals surface area contributed by atoms with Crippen LogP contribution in [0.15, 0.2) is 0 Å². The van der Waals surface area contributed by atoms with Crippen molar-refractivity contribution in [3.05, 3.63) is 0 Å². The second-order valence-corrected chi connectivity index (χ2v) is 9.11. The molecule has 0 radical (unpaired) electrons. The largest absolute Gasteiger partial charge is 0.344 e. The van der Waals surface area contributed by atoms with E-state index in [1.807, 2.05) is 6.92 Å². The summed E-state index contributed by atoms with van der Waals surface area (Å²) in [5.74, 6) is -7.07. The summed E-state index contributed by atoms with van der Waals surface area (Å²) in [6.07, 6.45) is 5.10. The van der Waals surface area contributed by atoms with Gasteiger partial charge in [-0.2, -0.15) is 0 Å². The molecule has 3 fully saturated rings. The zero-order valence-electron chi connectivity index (χ0n) is 16.4. The van der Waals surface area contributed by atoms with Crippen molar-refractivity contribution in [2.24, 2.45) is 11.3 Å². The van der Waals surface area contributed by atoms with Crippen LogP contribution >= 0.6 is 0 Å². The van der Waals surface area contributed by atoms with E-state index in [2.05, 4.69) is 10.6 Å². The molecule has 3 saturated carbocycles. The summed E-state index contributed by atoms with van der Waals surface area (Å²) in [7, 11) is 0. The normalized spacial score (nSPS) is 27.2. The Morgan fingerprint density at radius 3 is 2.04 bits per heavy atom. The zero-order valence-corrected chi connectivity index (χ0v) is 16.4. The van der Waals surface area contributed by atoms with Crippen molar-refractivity contribution >= 4 is 23.4 Å². The number of alkyl halides is 2. The molecular weight excluding hydrogens is 370 g/mol. The van der Waals surface area contributed by atoms with E-state index in [0.29, 0.717) is 25.7 Å². The van der Waals surface area contributed by atoms with Gasteiger partial charge in [0.25, 0.3) is 5.92 Å². The number of ketones is 2. The van der Waals surface area contributed by atoms with Gasteiger partial charge in [-0.05, 0) is 43.9 Å². The highest BCUT2D eigenvalue weighted by molar-refractivity contribution is 6.40. The monoisotopic (exact) mass is 398 g/mol. The van der Waals surface area contributed by atoms with Crippen LogP contribution in [0.1, 0.15) is 71.6 Å². The van der Waals surface area contributed by atoms with Gasteiger partial charge in [-0.15, -0.1) is 0 Å². The maximum absolute atomic E-state index is 13.3. The van der Waals surface area contributed by atoms with Crippen LogP contribution in [-0.4, -0.2) is 40.9 Å². The smallest absolute Gasteiger partial charge is 0.260 e. The first kappa shape index (κ1) is 20.9. The minimum Gasteiger partial charge on any atom is -0.344 e. The number of nitrogens with one attached hydrogen (secondary N) is 2. The van der Waals surface area contributed by atoms with Gasteiger partial charge < -0.3 is 10.6 Å². The molecule has 0 heterocycles. The van der Waals surface area contributed by atoms with Gasteiger partial charge in [0.15, 0.2) is 5.78 Å². The average Bonchev–Trinajstić information content (AvgIpc) is 3.00. The SMILES string of the molecule is CC(=O)C(=O)C1(NC(=O)[C@H](CC2(C)CCCC2)NC(=O)C2CC2(F)F)CCC1. The molecule has 3 aliphatic rings. The summed E-state index contributed by atoms with van der Waals surface area (Å²) < 4.78 is 26.5. The quantitative estimate of drug-likeness (QED) is 0.614. The molecule has 0 spiro atoms. The number of rotatable bonds is 8. The molecule has 0 saturated heterocycles. The van der Waals surface area contributed by atoms with Gasteiger partial charge in [0, 0.05) is 13.3 Å². The molecule has 0 aliphatic heterocycles. The maximum atomic E-state index is 13.3. The Morgan fingerprint density at radius 1 is 1.04 bits per heavy atom. The Labute approximate surface area is 163 Å². The Balaban J connectivity index is 1.73. The summed E-state index contributed by atoms with van der Waals surface area (Å²) in [4.78, 5) is 49.0. The van der Waals surface area contributed by atoms with Gasteiger partial charge in [0.05, 0.1) is 0 Å². The molecule has 2 atom stereocenters. The first-order chi connectivity index (χ1) is 13.0. The first-order valence-electron chi connectivity index (χ1n) is 10.0. The van der Waals surface area contributed by atoms with E-state index in [9.17, 15) is 28.0 Å². The van der Waals surface area contributed by atoms with Crippen molar-refractivity contribution in [3.63, 3.8) is 0 Å². The van der Waals surface area contributed by atoms with Crippen molar-refractivity contribution < 1.29 is 28.0 Å². The van der Waals surface area contributed by atoms with E-state index in [4.69, 9.17) is 0 Å². The lowest BCUT2D eigenvalue weighted by atomic mass is 9.72. The Bertz CT molecular complexity index is 696. The molecule has 156 valence electrons. The van der Waals surface area contributed by atoms with Crippen LogP contribution in [0.4, 0.5) is 8.78 Å². The van der Waals surface area contributed by atoms with Crippen LogP contribution in [0.2, 0.25) is 0 Å². The fourth-order valence-electron chi connectivity index (χ4n) is 4.50. The predicted octanol–water partition coefficient (Wildman–Crippen LogP) is 2.29. The number of hydrogen-bond acceptors (Lipinski definition) is 4. The third kappa shape index (κ3) is 4.10. The van der Waals surface area contributed by atoms with E-state index in [-0.39, 0.29) is 5.41 Å². The Hall–Kier alpha value is -1.86. The van der Waals surface area contributed by atoms with Crippen LogP contribution in [0.3, 0.4) is 0 Å². The van der Waals surface area contributed by atoms with Gasteiger partial charge in [0.1, 0.15) is 17.5 Å². The summed E-state index contributed by atoms with van der Waals surface area (Å²) in [6, 6.07) is -0.996. The fourth-order valence-corrected chi connectivity index (χ4v) is 4.50. The molecular formula is C20H28F2N2O4. The Kier molecular flexibility index (Phi) is 5.36. The van der Waals surface area contributed by atoms with Gasteiger partial charge in [-0.1, -0.05) is 19.8 Å². The van der Waals surface area contributed by atoms with E-state index >= 15 is 0 Å². The number of halogens is 2. The minimum absolute atomic E-state index is 0.168. The van der Waals surface area contributed by atoms with Crippen molar-refractivity contribution in [2.75, 3.05) is 0 Å². The van der Waals surface area contributed by atoms with Gasteiger partial charge in [0.2, 0.25) is 17.6 Å². The van der Waals surface area contributed by atoms with Crippen molar-refractivity contribution in [2.45, 2.75) is 89.1 Å². The van der Waals surface area contributed by atoms with Gasteiger partial charge in [-0.25, -0.2) is 8.78 Å². The van der Waals surface area contributed by atoms with Crippen molar-refractivity contribution in [3.8, 4) is 0 Å². The van der Waals surface area contributed by atoms with Gasteiger partial charge in [-0.3, -0.25) is 19.2 Å². The molecule has 2 N–H and O–H groups in total. The van der Waals surface area contributed by atoms with E-state index in [1.54, 1.807) is 0 Å². The molecule has 0 bridgehead atoms. The van der Waals surface area contributed by atoms with Crippen LogP contribution in [-0.2, 0) is 19.2 Å². The highest BCUT2D eigenvalue weighted by atomic mass is 19.3. The molecule has 6 nitrogen and oxygen atoms in total. The van der Waals surface area contributed by atoms with Crippen LogP contribution < -0.4 is 10.6 Å². The maximum Gasteiger partial charge on any atom is 0.260 e. The summed E-state index contributed by atoms with van der Waals surface area (Å²) in [6.45, 7) is 3.20. The molecule has 3 aliphatic carbocycles. The number of amides is 2. The molecule has 0 aromatic rings. The second kappa shape index (κ2) is 7.19. The topological polar surface area (TPSA) is 92.3 Å². The lowest BCUT2D eigenvalue weighted by Crippen LogP contribution is -2.64. The zero-order chi connectivity index (χ0) is 20.7. The van der Waals surface area contributed by atoms with Crippen LogP contribution in [0.25, 0.3) is 0 Å². The molecule has 28 heavy (non-hydrogen) atoms. The lowest BCUT2D eigenvalue weighted by Gasteiger charge is -2.41. The Morgan fingerprint density at radius 2 is 1.61 bits per heavy atom. The molecule has 2 amide bonds. The number of hydrogen-bond donors (Lipinski definition) is 2. The predicted molar refractivity (Wildman–Crippen MR) is 96.6 cm³/mol. The number of Topliss-reactive ketones (excluding diaryl/α,β-unsaturated/α-hetero) is 2. The van der Waals surface area contributed by atoms with Gasteiger partial charge >= 0.3 is 0 Å². The molecule has 0 aromatic heterocycles. The summed E-state index contributed by atoms with van der Waals surface area (Å²) >= 11 is 0. The lowest BCUT2D eigenvalue weighted by molar-refractivity contribution is -0.144. The van der Waals surface area contributed by atoms with Crippen molar-refractivity contribution in [1.29, 1.82) is 0 Å². The third-order valence-electron chi connectivity index (χ3n) is 6.61. The van der Waals surface area contributed by atoms with E-state index in [1.165, 1.54) is 6.92 Å². The molecule has 1 unspecified atom stereocenters. The fraction of sp³-hybridized carbons (Fsp3) is 0.800. The van der Waals surface area contributed by atoms with Crippen LogP contribution in [0.5, 0.6) is 0 Å². The molecule has 0 aromatic carbocycles. The average molecular weight is 398 g/mol. The molecule has 3 rings (SSSR count). The summed E-state index contributed by atoms with van der Waals surface area (Å²) in [5.41, 5.74) is -1.38. The highest BCUT2D eigenvalue weighted by Gasteiger charge is 2.61. The third-order valence-corrected chi connectivity index (χ3v) is 6.61. The van der Waals surface area contributed by atoms with E-state index < -0.39 is 53.2 Å². The number of carbonyl (C=O) groups excluding carboxylic acids is 4. The standard InChI is InChI=1S/C20H28F2N2O4/c1-12(25)15(26)19(8-5-9-19)24-17(28)14(11-18(2)6-3-4-7-18)23-16(27)13-10-20(13,21)22/h13-14H,3-11H2,1-2H3,(H,23,27)(H,24,28)/t13?,14-/m0/s1. The highest BCUT2D eigenvalue weighted by Crippen LogP contribution is 2.49. The minimum atomic E-state index is -3.01. The second-order valence-electron chi connectivity index (χ2n) is 9.11.